The molecule has 0 radical (unpaired) electrons. The van der Waals surface area contributed by atoms with Crippen LogP contribution in [-0.2, 0) is 0 Å². The summed E-state index contributed by atoms with van der Waals surface area (Å²) in [5, 5.41) is 3.37. The number of hydrogen-bond donors (Lipinski definition) is 2. The van der Waals surface area contributed by atoms with Gasteiger partial charge in [-0.15, -0.1) is 11.8 Å². The van der Waals surface area contributed by atoms with Crippen molar-refractivity contribution in [2.24, 2.45) is 0 Å². The minimum Gasteiger partial charge on any atom is -0.399 e. The van der Waals surface area contributed by atoms with Gasteiger partial charge in [0, 0.05) is 53.5 Å². The molecule has 0 unspecified atom stereocenters. The van der Waals surface area contributed by atoms with E-state index in [4.69, 9.17) is 5.73 Å². The van der Waals surface area contributed by atoms with Gasteiger partial charge in [-0.1, -0.05) is 0 Å². The van der Waals surface area contributed by atoms with E-state index in [0.29, 0.717) is 0 Å². The zero-order chi connectivity index (χ0) is 12.1. The average molecular weight is 316 g/mol. The average Bonchev–Trinajstić information content (AvgIpc) is 2.33. The molecule has 1 heterocycles. The monoisotopic (exact) mass is 315 g/mol. The van der Waals surface area contributed by atoms with Gasteiger partial charge < -0.3 is 11.1 Å². The Kier molecular flexibility index (Phi) is 5.16. The third-order valence-electron chi connectivity index (χ3n) is 2.83. The van der Waals surface area contributed by atoms with Crippen LogP contribution in [0.3, 0.4) is 0 Å². The molecule has 5 heteroatoms. The van der Waals surface area contributed by atoms with E-state index in [2.05, 4.69) is 32.2 Å². The lowest BCUT2D eigenvalue weighted by Crippen LogP contribution is -2.44. The van der Waals surface area contributed by atoms with Crippen LogP contribution >= 0.6 is 27.7 Å². The lowest BCUT2D eigenvalue weighted by Gasteiger charge is -2.26. The molecular formula is C12H18BrN3S. The number of halogens is 1. The van der Waals surface area contributed by atoms with E-state index in [1.54, 1.807) is 0 Å². The van der Waals surface area contributed by atoms with Crippen LogP contribution in [0.4, 0.5) is 5.69 Å². The van der Waals surface area contributed by atoms with Gasteiger partial charge in [0.25, 0.3) is 0 Å². The maximum absolute atomic E-state index is 5.72. The molecule has 0 bridgehead atoms. The predicted molar refractivity (Wildman–Crippen MR) is 78.6 cm³/mol. The third-order valence-corrected chi connectivity index (χ3v) is 4.80. The Morgan fingerprint density at radius 1 is 1.35 bits per heavy atom. The van der Waals surface area contributed by atoms with Crippen molar-refractivity contribution in [3.8, 4) is 0 Å². The highest BCUT2D eigenvalue weighted by atomic mass is 79.9. The van der Waals surface area contributed by atoms with Crippen molar-refractivity contribution in [2.75, 3.05) is 44.2 Å². The lowest BCUT2D eigenvalue weighted by molar-refractivity contribution is 0.255. The maximum Gasteiger partial charge on any atom is 0.0331 e. The molecule has 1 aliphatic rings. The number of nitrogens with two attached hydrogens (primary N) is 1. The number of piperazine rings is 1. The van der Waals surface area contributed by atoms with Gasteiger partial charge in [0.1, 0.15) is 0 Å². The Morgan fingerprint density at radius 2 is 2.12 bits per heavy atom. The number of thioether (sulfide) groups is 1. The van der Waals surface area contributed by atoms with E-state index >= 15 is 0 Å². The molecule has 3 N–H and O–H groups in total. The molecule has 1 fully saturated rings. The second-order valence-corrected chi connectivity index (χ2v) is 6.12. The van der Waals surface area contributed by atoms with Crippen molar-refractivity contribution in [1.29, 1.82) is 0 Å². The molecule has 0 amide bonds. The fourth-order valence-corrected chi connectivity index (χ4v) is 3.52. The Labute approximate surface area is 115 Å². The second kappa shape index (κ2) is 6.64. The smallest absolute Gasteiger partial charge is 0.0331 e. The van der Waals surface area contributed by atoms with Crippen LogP contribution in [-0.4, -0.2) is 43.4 Å². The zero-order valence-corrected chi connectivity index (χ0v) is 12.2. The van der Waals surface area contributed by atoms with E-state index in [-0.39, 0.29) is 0 Å². The van der Waals surface area contributed by atoms with Crippen LogP contribution in [0.2, 0.25) is 0 Å². The molecule has 1 aromatic rings. The van der Waals surface area contributed by atoms with Crippen LogP contribution < -0.4 is 11.1 Å². The van der Waals surface area contributed by atoms with Gasteiger partial charge in [0.15, 0.2) is 0 Å². The van der Waals surface area contributed by atoms with Gasteiger partial charge in [-0.25, -0.2) is 0 Å². The van der Waals surface area contributed by atoms with E-state index < -0.39 is 0 Å². The highest BCUT2D eigenvalue weighted by Crippen LogP contribution is 2.29. The van der Waals surface area contributed by atoms with E-state index in [9.17, 15) is 0 Å². The van der Waals surface area contributed by atoms with Crippen LogP contribution in [0.15, 0.2) is 27.6 Å². The first-order chi connectivity index (χ1) is 8.25. The number of anilines is 1. The molecule has 0 aromatic heterocycles. The number of hydrogen-bond acceptors (Lipinski definition) is 4. The summed E-state index contributed by atoms with van der Waals surface area (Å²) in [6.45, 7) is 5.74. The van der Waals surface area contributed by atoms with Gasteiger partial charge in [-0.2, -0.15) is 0 Å². The molecule has 0 saturated carbocycles. The highest BCUT2D eigenvalue weighted by molar-refractivity contribution is 9.10. The molecule has 94 valence electrons. The molecule has 1 aliphatic heterocycles. The van der Waals surface area contributed by atoms with Crippen molar-refractivity contribution in [3.63, 3.8) is 0 Å². The Balaban J connectivity index is 1.77. The molecule has 1 saturated heterocycles. The standard InChI is InChI=1S/C12H18BrN3S/c13-11-9-10(14)1-2-12(11)17-8-7-16-5-3-15-4-6-16/h1-2,9,15H,3-8,14H2. The van der Waals surface area contributed by atoms with Crippen molar-refractivity contribution in [1.82, 2.24) is 10.2 Å². The minimum atomic E-state index is 0.809. The molecule has 2 rings (SSSR count). The lowest BCUT2D eigenvalue weighted by atomic mass is 10.3. The normalized spacial score (nSPS) is 17.2. The van der Waals surface area contributed by atoms with Gasteiger partial charge in [0.05, 0.1) is 0 Å². The zero-order valence-electron chi connectivity index (χ0n) is 9.79. The number of nitrogens with one attached hydrogen (secondary N) is 1. The fourth-order valence-electron chi connectivity index (χ4n) is 1.85. The fraction of sp³-hybridized carbons (Fsp3) is 0.500. The topological polar surface area (TPSA) is 41.3 Å². The summed E-state index contributed by atoms with van der Waals surface area (Å²) >= 11 is 5.43. The minimum absolute atomic E-state index is 0.809. The summed E-state index contributed by atoms with van der Waals surface area (Å²) in [6.07, 6.45) is 0. The summed E-state index contributed by atoms with van der Waals surface area (Å²) in [6, 6.07) is 6.01. The Morgan fingerprint density at radius 3 is 2.82 bits per heavy atom. The van der Waals surface area contributed by atoms with E-state index in [0.717, 1.165) is 35.5 Å². The summed E-state index contributed by atoms with van der Waals surface area (Å²) in [5.74, 6) is 1.13. The first kappa shape index (κ1) is 13.2. The highest BCUT2D eigenvalue weighted by Gasteiger charge is 2.09. The van der Waals surface area contributed by atoms with E-state index in [1.807, 2.05) is 23.9 Å². The molecule has 0 atom stereocenters. The summed E-state index contributed by atoms with van der Waals surface area (Å²) in [7, 11) is 0. The van der Waals surface area contributed by atoms with Crippen LogP contribution in [0, 0.1) is 0 Å². The maximum atomic E-state index is 5.72. The Bertz CT molecular complexity index is 367. The number of nitrogens with zero attached hydrogens (tertiary/aromatic N) is 1. The summed E-state index contributed by atoms with van der Waals surface area (Å²) in [4.78, 5) is 3.78. The summed E-state index contributed by atoms with van der Waals surface area (Å²) < 4.78 is 1.10. The third kappa shape index (κ3) is 4.17. The molecule has 0 aliphatic carbocycles. The van der Waals surface area contributed by atoms with Crippen LogP contribution in [0.5, 0.6) is 0 Å². The molecule has 3 nitrogen and oxygen atoms in total. The van der Waals surface area contributed by atoms with Crippen LogP contribution in [0.25, 0.3) is 0 Å². The van der Waals surface area contributed by atoms with Crippen molar-refractivity contribution in [2.45, 2.75) is 4.90 Å². The molecule has 1 aromatic carbocycles. The van der Waals surface area contributed by atoms with Crippen molar-refractivity contribution in [3.05, 3.63) is 22.7 Å². The number of benzene rings is 1. The van der Waals surface area contributed by atoms with Crippen molar-refractivity contribution < 1.29 is 0 Å². The first-order valence-electron chi connectivity index (χ1n) is 5.86. The second-order valence-electron chi connectivity index (χ2n) is 4.13. The molecular weight excluding hydrogens is 298 g/mol. The molecule has 17 heavy (non-hydrogen) atoms. The number of nitrogen functional groups attached to an aromatic ring is 1. The number of rotatable bonds is 4. The quantitative estimate of drug-likeness (QED) is 0.659. The van der Waals surface area contributed by atoms with Gasteiger partial charge >= 0.3 is 0 Å². The van der Waals surface area contributed by atoms with Crippen LogP contribution in [0.1, 0.15) is 0 Å². The first-order valence-corrected chi connectivity index (χ1v) is 7.64. The Hall–Kier alpha value is -0.230. The van der Waals surface area contributed by atoms with Gasteiger partial charge in [-0.3, -0.25) is 4.90 Å². The van der Waals surface area contributed by atoms with Crippen molar-refractivity contribution >= 4 is 33.4 Å². The molecule has 0 spiro atoms. The summed E-state index contributed by atoms with van der Waals surface area (Å²) in [5.41, 5.74) is 6.53. The van der Waals surface area contributed by atoms with E-state index in [1.165, 1.54) is 18.0 Å². The predicted octanol–water partition coefficient (Wildman–Crippen LogP) is 2.03. The largest absolute Gasteiger partial charge is 0.399 e. The van der Waals surface area contributed by atoms with Gasteiger partial charge in [0.2, 0.25) is 0 Å². The van der Waals surface area contributed by atoms with Gasteiger partial charge in [-0.05, 0) is 34.1 Å². The SMILES string of the molecule is Nc1ccc(SCCN2CCNCC2)c(Br)c1.